The average molecular weight is 217 g/mol. The fourth-order valence-electron chi connectivity index (χ4n) is 2.07. The molecule has 1 N–H and O–H groups in total. The Morgan fingerprint density at radius 2 is 1.80 bits per heavy atom. The molecule has 4 heteroatoms. The van der Waals surface area contributed by atoms with E-state index in [0.717, 1.165) is 6.54 Å². The van der Waals surface area contributed by atoms with Gasteiger partial charge in [-0.2, -0.15) is 0 Å². The number of likely N-dealkylation sites (tertiary alicyclic amines) is 1. The van der Waals surface area contributed by atoms with E-state index < -0.39 is 11.9 Å². The summed E-state index contributed by atoms with van der Waals surface area (Å²) in [5, 5.41) is 10.1. The van der Waals surface area contributed by atoms with Crippen molar-refractivity contribution in [3.63, 3.8) is 0 Å². The second-order valence-corrected chi connectivity index (χ2v) is 5.10. The molecule has 0 spiro atoms. The number of hydrogen-bond acceptors (Lipinski definition) is 4. The fourth-order valence-corrected chi connectivity index (χ4v) is 2.07. The van der Waals surface area contributed by atoms with E-state index in [2.05, 4.69) is 25.7 Å². The SMILES string of the molecule is COC1(OC)CCN(C(C)(C)C)CC1O. The first-order valence-corrected chi connectivity index (χ1v) is 5.39. The quantitative estimate of drug-likeness (QED) is 0.696. The van der Waals surface area contributed by atoms with Crippen molar-refractivity contribution in [2.24, 2.45) is 0 Å². The summed E-state index contributed by atoms with van der Waals surface area (Å²) in [6, 6.07) is 0. The average Bonchev–Trinajstić information content (AvgIpc) is 2.17. The zero-order valence-corrected chi connectivity index (χ0v) is 10.4. The fraction of sp³-hybridized carbons (Fsp3) is 1.00. The van der Waals surface area contributed by atoms with Gasteiger partial charge in [0.1, 0.15) is 6.10 Å². The van der Waals surface area contributed by atoms with Crippen LogP contribution in [0.2, 0.25) is 0 Å². The molecule has 1 atom stereocenters. The summed E-state index contributed by atoms with van der Waals surface area (Å²) in [5.74, 6) is -0.818. The molecule has 90 valence electrons. The van der Waals surface area contributed by atoms with E-state index in [1.807, 2.05) is 0 Å². The van der Waals surface area contributed by atoms with Crippen molar-refractivity contribution in [1.82, 2.24) is 4.90 Å². The number of aliphatic hydroxyl groups is 1. The lowest BCUT2D eigenvalue weighted by atomic mass is 9.95. The van der Waals surface area contributed by atoms with Crippen LogP contribution < -0.4 is 0 Å². The number of β-amino-alcohol motifs (C(OH)–C–C–N with tert-alkyl or cyclic N) is 1. The van der Waals surface area contributed by atoms with Crippen LogP contribution >= 0.6 is 0 Å². The number of aliphatic hydroxyl groups excluding tert-OH is 1. The van der Waals surface area contributed by atoms with Crippen LogP contribution in [-0.2, 0) is 9.47 Å². The lowest BCUT2D eigenvalue weighted by Gasteiger charge is -2.47. The van der Waals surface area contributed by atoms with E-state index >= 15 is 0 Å². The summed E-state index contributed by atoms with van der Waals surface area (Å²) in [5.41, 5.74) is 0.0780. The first kappa shape index (κ1) is 12.9. The van der Waals surface area contributed by atoms with E-state index in [-0.39, 0.29) is 5.54 Å². The molecule has 1 fully saturated rings. The summed E-state index contributed by atoms with van der Waals surface area (Å²) in [7, 11) is 3.17. The summed E-state index contributed by atoms with van der Waals surface area (Å²) < 4.78 is 10.6. The summed E-state index contributed by atoms with van der Waals surface area (Å²) in [4.78, 5) is 2.24. The third-order valence-corrected chi connectivity index (χ3v) is 3.27. The van der Waals surface area contributed by atoms with Gasteiger partial charge in [-0.3, -0.25) is 4.90 Å². The Bertz CT molecular complexity index is 208. The van der Waals surface area contributed by atoms with Crippen molar-refractivity contribution < 1.29 is 14.6 Å². The largest absolute Gasteiger partial charge is 0.386 e. The highest BCUT2D eigenvalue weighted by atomic mass is 16.7. The molecule has 0 aromatic rings. The van der Waals surface area contributed by atoms with Crippen LogP contribution in [0.15, 0.2) is 0 Å². The van der Waals surface area contributed by atoms with Crippen molar-refractivity contribution >= 4 is 0 Å². The number of methoxy groups -OCH3 is 2. The van der Waals surface area contributed by atoms with Gasteiger partial charge in [-0.1, -0.05) is 0 Å². The Morgan fingerprint density at radius 1 is 1.27 bits per heavy atom. The minimum absolute atomic E-state index is 0.0780. The predicted molar refractivity (Wildman–Crippen MR) is 58.7 cm³/mol. The Morgan fingerprint density at radius 3 is 2.13 bits per heavy atom. The lowest BCUT2D eigenvalue weighted by Crippen LogP contribution is -2.61. The van der Waals surface area contributed by atoms with E-state index in [1.54, 1.807) is 14.2 Å². The van der Waals surface area contributed by atoms with Gasteiger partial charge in [0, 0.05) is 39.3 Å². The monoisotopic (exact) mass is 217 g/mol. The van der Waals surface area contributed by atoms with E-state index in [1.165, 1.54) is 0 Å². The zero-order valence-electron chi connectivity index (χ0n) is 10.4. The molecule has 0 aromatic heterocycles. The topological polar surface area (TPSA) is 41.9 Å². The van der Waals surface area contributed by atoms with Crippen LogP contribution in [0.25, 0.3) is 0 Å². The Hall–Kier alpha value is -0.160. The summed E-state index contributed by atoms with van der Waals surface area (Å²) >= 11 is 0. The normalized spacial score (nSPS) is 28.0. The minimum Gasteiger partial charge on any atom is -0.386 e. The molecule has 1 heterocycles. The second-order valence-electron chi connectivity index (χ2n) is 5.10. The number of ether oxygens (including phenoxy) is 2. The number of nitrogens with zero attached hydrogens (tertiary/aromatic N) is 1. The van der Waals surface area contributed by atoms with E-state index in [9.17, 15) is 5.11 Å². The summed E-state index contributed by atoms with van der Waals surface area (Å²) in [6.45, 7) is 7.90. The van der Waals surface area contributed by atoms with Crippen molar-refractivity contribution in [2.45, 2.75) is 44.6 Å². The summed E-state index contributed by atoms with van der Waals surface area (Å²) in [6.07, 6.45) is 0.0961. The van der Waals surface area contributed by atoms with Gasteiger partial charge in [-0.05, 0) is 20.8 Å². The van der Waals surface area contributed by atoms with Gasteiger partial charge in [0.05, 0.1) is 0 Å². The zero-order chi connectivity index (χ0) is 11.7. The van der Waals surface area contributed by atoms with E-state index in [0.29, 0.717) is 13.0 Å². The van der Waals surface area contributed by atoms with Gasteiger partial charge in [-0.25, -0.2) is 0 Å². The first-order chi connectivity index (χ1) is 6.85. The second kappa shape index (κ2) is 4.37. The lowest BCUT2D eigenvalue weighted by molar-refractivity contribution is -0.282. The Kier molecular flexibility index (Phi) is 3.76. The van der Waals surface area contributed by atoms with Crippen LogP contribution in [0.3, 0.4) is 0 Å². The standard InChI is InChI=1S/C11H23NO3/c1-10(2,3)12-7-6-11(14-4,15-5)9(13)8-12/h9,13H,6-8H2,1-5H3. The van der Waals surface area contributed by atoms with Crippen LogP contribution in [0.5, 0.6) is 0 Å². The highest BCUT2D eigenvalue weighted by Gasteiger charge is 2.44. The third-order valence-electron chi connectivity index (χ3n) is 3.27. The Labute approximate surface area is 92.2 Å². The molecule has 0 bridgehead atoms. The van der Waals surface area contributed by atoms with Gasteiger partial charge in [0.15, 0.2) is 5.79 Å². The molecule has 1 unspecified atom stereocenters. The van der Waals surface area contributed by atoms with Crippen LogP contribution in [-0.4, -0.2) is 54.7 Å². The molecule has 1 rings (SSSR count). The molecule has 1 aliphatic rings. The van der Waals surface area contributed by atoms with Crippen molar-refractivity contribution in [2.75, 3.05) is 27.3 Å². The van der Waals surface area contributed by atoms with Crippen LogP contribution in [0, 0.1) is 0 Å². The van der Waals surface area contributed by atoms with Gasteiger partial charge < -0.3 is 14.6 Å². The molecular formula is C11H23NO3. The molecule has 4 nitrogen and oxygen atoms in total. The van der Waals surface area contributed by atoms with Gasteiger partial charge >= 0.3 is 0 Å². The molecule has 1 saturated heterocycles. The first-order valence-electron chi connectivity index (χ1n) is 5.39. The maximum absolute atomic E-state index is 10.1. The molecule has 0 aromatic carbocycles. The molecule has 15 heavy (non-hydrogen) atoms. The molecule has 0 saturated carbocycles. The van der Waals surface area contributed by atoms with Crippen LogP contribution in [0.1, 0.15) is 27.2 Å². The maximum atomic E-state index is 10.1. The van der Waals surface area contributed by atoms with Gasteiger partial charge in [0.2, 0.25) is 0 Å². The highest BCUT2D eigenvalue weighted by Crippen LogP contribution is 2.30. The van der Waals surface area contributed by atoms with E-state index in [4.69, 9.17) is 9.47 Å². The molecule has 1 aliphatic heterocycles. The minimum atomic E-state index is -0.818. The third kappa shape index (κ3) is 2.50. The smallest absolute Gasteiger partial charge is 0.196 e. The van der Waals surface area contributed by atoms with Gasteiger partial charge in [-0.15, -0.1) is 0 Å². The maximum Gasteiger partial charge on any atom is 0.196 e. The van der Waals surface area contributed by atoms with Crippen molar-refractivity contribution in [1.29, 1.82) is 0 Å². The van der Waals surface area contributed by atoms with Crippen molar-refractivity contribution in [3.05, 3.63) is 0 Å². The number of piperidine rings is 1. The van der Waals surface area contributed by atoms with Gasteiger partial charge in [0.25, 0.3) is 0 Å². The molecule has 0 radical (unpaired) electrons. The molecule has 0 amide bonds. The molecular weight excluding hydrogens is 194 g/mol. The Balaban J connectivity index is 2.70. The van der Waals surface area contributed by atoms with Crippen molar-refractivity contribution in [3.8, 4) is 0 Å². The highest BCUT2D eigenvalue weighted by molar-refractivity contribution is 4.92. The van der Waals surface area contributed by atoms with Crippen LogP contribution in [0.4, 0.5) is 0 Å². The molecule has 0 aliphatic carbocycles. The number of hydrogen-bond donors (Lipinski definition) is 1. The predicted octanol–water partition coefficient (Wildman–Crippen LogP) is 0.841. The number of rotatable bonds is 2.